The number of nitrogens with zero attached hydrogens (tertiary/aromatic N) is 2. The van der Waals surface area contributed by atoms with E-state index in [4.69, 9.17) is 5.26 Å². The number of para-hydroxylation sites is 2. The SMILES string of the molecule is Cc1cc(C#N)ccc1-n1c2ccccc2c2ccccc21. The van der Waals surface area contributed by atoms with Gasteiger partial charge in [0.25, 0.3) is 0 Å². The number of aryl methyl sites for hydroxylation is 1. The monoisotopic (exact) mass is 282 g/mol. The molecule has 4 aromatic rings. The topological polar surface area (TPSA) is 28.7 Å². The first kappa shape index (κ1) is 12.7. The molecule has 0 amide bonds. The Labute approximate surface area is 128 Å². The van der Waals surface area contributed by atoms with Crippen molar-refractivity contribution in [1.82, 2.24) is 4.57 Å². The predicted molar refractivity (Wildman–Crippen MR) is 90.2 cm³/mol. The van der Waals surface area contributed by atoms with Crippen LogP contribution in [0.4, 0.5) is 0 Å². The number of rotatable bonds is 1. The molecule has 104 valence electrons. The van der Waals surface area contributed by atoms with E-state index in [1.54, 1.807) is 0 Å². The number of hydrogen-bond donors (Lipinski definition) is 0. The molecule has 0 N–H and O–H groups in total. The molecular weight excluding hydrogens is 268 g/mol. The molecule has 0 aliphatic carbocycles. The maximum absolute atomic E-state index is 9.07. The normalized spacial score (nSPS) is 10.9. The van der Waals surface area contributed by atoms with Gasteiger partial charge in [-0.3, -0.25) is 0 Å². The van der Waals surface area contributed by atoms with E-state index in [1.165, 1.54) is 21.8 Å². The van der Waals surface area contributed by atoms with Gasteiger partial charge in [-0.05, 0) is 42.8 Å². The fourth-order valence-corrected chi connectivity index (χ4v) is 3.16. The van der Waals surface area contributed by atoms with Gasteiger partial charge in [-0.1, -0.05) is 36.4 Å². The summed E-state index contributed by atoms with van der Waals surface area (Å²) >= 11 is 0. The van der Waals surface area contributed by atoms with Crippen LogP contribution in [-0.2, 0) is 0 Å². The largest absolute Gasteiger partial charge is 0.309 e. The Morgan fingerprint density at radius 2 is 1.41 bits per heavy atom. The minimum Gasteiger partial charge on any atom is -0.309 e. The van der Waals surface area contributed by atoms with E-state index >= 15 is 0 Å². The maximum atomic E-state index is 9.07. The van der Waals surface area contributed by atoms with Crippen LogP contribution >= 0.6 is 0 Å². The Bertz CT molecular complexity index is 995. The molecule has 0 aliphatic rings. The van der Waals surface area contributed by atoms with E-state index < -0.39 is 0 Å². The first-order valence-corrected chi connectivity index (χ1v) is 7.29. The summed E-state index contributed by atoms with van der Waals surface area (Å²) in [4.78, 5) is 0. The molecule has 0 saturated heterocycles. The second-order valence-corrected chi connectivity index (χ2v) is 5.48. The summed E-state index contributed by atoms with van der Waals surface area (Å²) in [7, 11) is 0. The van der Waals surface area contributed by atoms with Crippen LogP contribution in [-0.4, -0.2) is 4.57 Å². The summed E-state index contributed by atoms with van der Waals surface area (Å²) in [6.45, 7) is 2.06. The number of nitriles is 1. The third kappa shape index (κ3) is 1.73. The molecule has 22 heavy (non-hydrogen) atoms. The number of aromatic nitrogens is 1. The summed E-state index contributed by atoms with van der Waals surface area (Å²) < 4.78 is 2.28. The van der Waals surface area contributed by atoms with Gasteiger partial charge in [-0.2, -0.15) is 5.26 Å². The van der Waals surface area contributed by atoms with Crippen LogP contribution in [0, 0.1) is 18.3 Å². The van der Waals surface area contributed by atoms with Crippen LogP contribution in [0.25, 0.3) is 27.5 Å². The highest BCUT2D eigenvalue weighted by molar-refractivity contribution is 6.09. The first-order valence-electron chi connectivity index (χ1n) is 7.29. The summed E-state index contributed by atoms with van der Waals surface area (Å²) in [5.74, 6) is 0. The summed E-state index contributed by atoms with van der Waals surface area (Å²) in [6.07, 6.45) is 0. The van der Waals surface area contributed by atoms with Crippen molar-refractivity contribution in [2.24, 2.45) is 0 Å². The Hall–Kier alpha value is -3.05. The third-order valence-corrected chi connectivity index (χ3v) is 4.15. The molecule has 0 radical (unpaired) electrons. The fraction of sp³-hybridized carbons (Fsp3) is 0.0500. The van der Waals surface area contributed by atoms with Gasteiger partial charge in [0.2, 0.25) is 0 Å². The van der Waals surface area contributed by atoms with Gasteiger partial charge in [-0.15, -0.1) is 0 Å². The standard InChI is InChI=1S/C20H14N2/c1-14-12-15(13-21)10-11-18(14)22-19-8-4-2-6-16(19)17-7-3-5-9-20(17)22/h2-12H,1H3. The number of benzene rings is 3. The van der Waals surface area contributed by atoms with E-state index in [-0.39, 0.29) is 0 Å². The van der Waals surface area contributed by atoms with Crippen LogP contribution in [0.2, 0.25) is 0 Å². The van der Waals surface area contributed by atoms with Gasteiger partial charge in [0, 0.05) is 16.5 Å². The lowest BCUT2D eigenvalue weighted by Crippen LogP contribution is -1.97. The van der Waals surface area contributed by atoms with Crippen LogP contribution in [0.15, 0.2) is 66.7 Å². The lowest BCUT2D eigenvalue weighted by Gasteiger charge is -2.11. The minimum atomic E-state index is 0.696. The lowest BCUT2D eigenvalue weighted by atomic mass is 10.1. The van der Waals surface area contributed by atoms with Crippen LogP contribution in [0.3, 0.4) is 0 Å². The molecule has 0 fully saturated rings. The van der Waals surface area contributed by atoms with Gasteiger partial charge in [0.1, 0.15) is 0 Å². The predicted octanol–water partition coefficient (Wildman–Crippen LogP) is 4.96. The molecule has 0 atom stereocenters. The Balaban J connectivity index is 2.16. The quantitative estimate of drug-likeness (QED) is 0.485. The zero-order valence-corrected chi connectivity index (χ0v) is 12.2. The van der Waals surface area contributed by atoms with Crippen molar-refractivity contribution in [3.63, 3.8) is 0 Å². The van der Waals surface area contributed by atoms with Crippen molar-refractivity contribution in [3.8, 4) is 11.8 Å². The van der Waals surface area contributed by atoms with Crippen molar-refractivity contribution >= 4 is 21.8 Å². The zero-order valence-electron chi connectivity index (χ0n) is 12.2. The highest BCUT2D eigenvalue weighted by atomic mass is 15.0. The second-order valence-electron chi connectivity index (χ2n) is 5.48. The summed E-state index contributed by atoms with van der Waals surface area (Å²) in [5.41, 5.74) is 5.30. The smallest absolute Gasteiger partial charge is 0.0991 e. The highest BCUT2D eigenvalue weighted by Crippen LogP contribution is 2.32. The van der Waals surface area contributed by atoms with Crippen molar-refractivity contribution < 1.29 is 0 Å². The molecule has 2 nitrogen and oxygen atoms in total. The van der Waals surface area contributed by atoms with Crippen molar-refractivity contribution in [1.29, 1.82) is 5.26 Å². The number of fused-ring (bicyclic) bond motifs is 3. The van der Waals surface area contributed by atoms with Gasteiger partial charge >= 0.3 is 0 Å². The average molecular weight is 282 g/mol. The lowest BCUT2D eigenvalue weighted by molar-refractivity contribution is 1.15. The molecule has 1 heterocycles. The van der Waals surface area contributed by atoms with Crippen molar-refractivity contribution in [3.05, 3.63) is 77.9 Å². The van der Waals surface area contributed by atoms with Crippen molar-refractivity contribution in [2.75, 3.05) is 0 Å². The second kappa shape index (κ2) is 4.75. The van der Waals surface area contributed by atoms with Crippen LogP contribution in [0.1, 0.15) is 11.1 Å². The first-order chi connectivity index (χ1) is 10.8. The van der Waals surface area contributed by atoms with Crippen LogP contribution < -0.4 is 0 Å². The average Bonchev–Trinajstić information content (AvgIpc) is 2.89. The molecule has 0 bridgehead atoms. The van der Waals surface area contributed by atoms with Gasteiger partial charge < -0.3 is 4.57 Å². The van der Waals surface area contributed by atoms with Gasteiger partial charge in [0.05, 0.1) is 22.7 Å². The molecular formula is C20H14N2. The molecule has 0 unspecified atom stereocenters. The molecule has 3 aromatic carbocycles. The molecule has 0 spiro atoms. The minimum absolute atomic E-state index is 0.696. The Morgan fingerprint density at radius 3 is 1.95 bits per heavy atom. The third-order valence-electron chi connectivity index (χ3n) is 4.15. The van der Waals surface area contributed by atoms with Gasteiger partial charge in [-0.25, -0.2) is 0 Å². The van der Waals surface area contributed by atoms with E-state index in [9.17, 15) is 0 Å². The Kier molecular flexibility index (Phi) is 2.74. The highest BCUT2D eigenvalue weighted by Gasteiger charge is 2.12. The maximum Gasteiger partial charge on any atom is 0.0991 e. The van der Waals surface area contributed by atoms with E-state index in [2.05, 4.69) is 66.1 Å². The van der Waals surface area contributed by atoms with Crippen LogP contribution in [0.5, 0.6) is 0 Å². The van der Waals surface area contributed by atoms with E-state index in [0.29, 0.717) is 5.56 Å². The van der Waals surface area contributed by atoms with Crippen molar-refractivity contribution in [2.45, 2.75) is 6.92 Å². The molecule has 0 aliphatic heterocycles. The van der Waals surface area contributed by atoms with E-state index in [1.807, 2.05) is 18.2 Å². The number of hydrogen-bond acceptors (Lipinski definition) is 1. The zero-order chi connectivity index (χ0) is 15.1. The van der Waals surface area contributed by atoms with E-state index in [0.717, 1.165) is 11.3 Å². The van der Waals surface area contributed by atoms with Gasteiger partial charge in [0.15, 0.2) is 0 Å². The summed E-state index contributed by atoms with van der Waals surface area (Å²) in [5, 5.41) is 11.6. The summed E-state index contributed by atoms with van der Waals surface area (Å²) in [6, 6.07) is 25.0. The Morgan fingerprint density at radius 1 is 0.818 bits per heavy atom. The fourth-order valence-electron chi connectivity index (χ4n) is 3.16. The molecule has 4 rings (SSSR count). The molecule has 1 aromatic heterocycles. The molecule has 2 heteroatoms. The molecule has 0 saturated carbocycles.